The van der Waals surface area contributed by atoms with Crippen LogP contribution in [-0.2, 0) is 21.1 Å². The Balaban J connectivity index is 1.39. The number of alkyl halides is 3. The van der Waals surface area contributed by atoms with Gasteiger partial charge in [0.05, 0.1) is 11.3 Å². The number of carboxylic acid groups (broad SMARTS) is 1. The number of ether oxygens (including phenoxy) is 1. The van der Waals surface area contributed by atoms with Crippen LogP contribution in [0.4, 0.5) is 38.0 Å². The molecule has 2 aliphatic heterocycles. The predicted octanol–water partition coefficient (Wildman–Crippen LogP) is 5.12. The number of amides is 1. The molecule has 3 heterocycles. The molecule has 2 aliphatic carbocycles. The van der Waals surface area contributed by atoms with Gasteiger partial charge in [-0.2, -0.15) is 13.2 Å². The normalized spacial score (nSPS) is 28.2. The lowest BCUT2D eigenvalue weighted by molar-refractivity contribution is -0.146. The van der Waals surface area contributed by atoms with Gasteiger partial charge >= 0.3 is 12.1 Å². The van der Waals surface area contributed by atoms with Crippen molar-refractivity contribution in [3.05, 3.63) is 46.5 Å². The Labute approximate surface area is 236 Å². The number of nitrogens with one attached hydrogen (secondary N) is 1. The van der Waals surface area contributed by atoms with E-state index >= 15 is 4.39 Å². The first-order chi connectivity index (χ1) is 19.8. The lowest BCUT2D eigenvalue weighted by atomic mass is 9.75. The third kappa shape index (κ3) is 4.40. The van der Waals surface area contributed by atoms with E-state index in [0.29, 0.717) is 25.1 Å². The minimum atomic E-state index is -5.17. The second kappa shape index (κ2) is 9.81. The number of carboxylic acids is 1. The summed E-state index contributed by atoms with van der Waals surface area (Å²) in [6.45, 7) is 2.15. The number of rotatable bonds is 4. The van der Waals surface area contributed by atoms with Crippen molar-refractivity contribution in [2.45, 2.75) is 62.6 Å². The summed E-state index contributed by atoms with van der Waals surface area (Å²) in [7, 11) is 0. The van der Waals surface area contributed by atoms with Crippen LogP contribution in [-0.4, -0.2) is 52.2 Å². The molecule has 2 N–H and O–H groups in total. The summed E-state index contributed by atoms with van der Waals surface area (Å²) in [6.07, 6.45) is -2.20. The average molecular weight is 599 g/mol. The zero-order valence-electron chi connectivity index (χ0n) is 22.5. The van der Waals surface area contributed by atoms with Crippen molar-refractivity contribution in [2.24, 2.45) is 17.8 Å². The van der Waals surface area contributed by atoms with Crippen LogP contribution in [0.5, 0.6) is 0 Å². The monoisotopic (exact) mass is 598 g/mol. The quantitative estimate of drug-likeness (QED) is 0.372. The van der Waals surface area contributed by atoms with Gasteiger partial charge in [0, 0.05) is 43.0 Å². The highest BCUT2D eigenvalue weighted by Crippen LogP contribution is 2.52. The number of aliphatic carboxylic acids is 1. The number of benzene rings is 1. The molecule has 2 bridgehead atoms. The topological polar surface area (TPSA) is 105 Å². The van der Waals surface area contributed by atoms with Crippen molar-refractivity contribution in [3.8, 4) is 0 Å². The van der Waals surface area contributed by atoms with Gasteiger partial charge in [0.15, 0.2) is 23.1 Å². The largest absolute Gasteiger partial charge is 0.479 e. The predicted molar refractivity (Wildman–Crippen MR) is 135 cm³/mol. The zero-order valence-corrected chi connectivity index (χ0v) is 22.5. The van der Waals surface area contributed by atoms with Crippen molar-refractivity contribution < 1.29 is 45.8 Å². The van der Waals surface area contributed by atoms with Crippen LogP contribution >= 0.6 is 0 Å². The second-order valence-corrected chi connectivity index (χ2v) is 12.1. The van der Waals surface area contributed by atoms with Crippen LogP contribution in [0.3, 0.4) is 0 Å². The van der Waals surface area contributed by atoms with Gasteiger partial charge in [-0.15, -0.1) is 0 Å². The Morgan fingerprint density at radius 2 is 1.83 bits per heavy atom. The van der Waals surface area contributed by atoms with Gasteiger partial charge < -0.3 is 20.1 Å². The van der Waals surface area contributed by atoms with E-state index in [2.05, 4.69) is 15.3 Å². The maximum Gasteiger partial charge on any atom is 0.434 e. The van der Waals surface area contributed by atoms with Gasteiger partial charge in [0.25, 0.3) is 5.91 Å². The van der Waals surface area contributed by atoms with Crippen molar-refractivity contribution in [3.63, 3.8) is 0 Å². The summed E-state index contributed by atoms with van der Waals surface area (Å²) in [6, 6.07) is 0.699. The molecule has 1 aromatic heterocycles. The molecule has 1 aromatic carbocycles. The van der Waals surface area contributed by atoms with E-state index in [1.165, 1.54) is 0 Å². The molecule has 2 saturated carbocycles. The maximum absolute atomic E-state index is 15.1. The van der Waals surface area contributed by atoms with Gasteiger partial charge in [-0.05, 0) is 56.3 Å². The lowest BCUT2D eigenvalue weighted by Gasteiger charge is -2.34. The van der Waals surface area contributed by atoms with Crippen molar-refractivity contribution in [2.75, 3.05) is 24.7 Å². The highest BCUT2D eigenvalue weighted by molar-refractivity contribution is 5.99. The SMILES string of the molecule is CC1CC2CC(C1)C(NC(=O)c1cnc(N3CC4(CCOCC4)c4c3cc(F)c(F)c4F)nc1C(F)(F)F)(C(=O)O)C2. The number of anilines is 2. The van der Waals surface area contributed by atoms with Crippen LogP contribution < -0.4 is 10.2 Å². The van der Waals surface area contributed by atoms with Crippen molar-refractivity contribution in [1.82, 2.24) is 15.3 Å². The Morgan fingerprint density at radius 1 is 1.12 bits per heavy atom. The molecule has 1 saturated heterocycles. The highest BCUT2D eigenvalue weighted by Gasteiger charge is 2.57. The fourth-order valence-electron chi connectivity index (χ4n) is 7.68. The van der Waals surface area contributed by atoms with Gasteiger partial charge in [-0.1, -0.05) is 6.92 Å². The Kier molecular flexibility index (Phi) is 6.70. The average Bonchev–Trinajstić information content (AvgIpc) is 3.37. The van der Waals surface area contributed by atoms with E-state index in [9.17, 15) is 36.6 Å². The first-order valence-electron chi connectivity index (χ1n) is 13.8. The zero-order chi connectivity index (χ0) is 30.2. The van der Waals surface area contributed by atoms with Crippen LogP contribution in [0.25, 0.3) is 0 Å². The van der Waals surface area contributed by atoms with Crippen LogP contribution in [0, 0.1) is 35.2 Å². The maximum atomic E-state index is 15.1. The number of carbonyl (C=O) groups excluding carboxylic acids is 1. The molecule has 0 radical (unpaired) electrons. The molecule has 14 heteroatoms. The Hall–Kier alpha value is -3.42. The second-order valence-electron chi connectivity index (χ2n) is 12.1. The smallest absolute Gasteiger partial charge is 0.434 e. The Morgan fingerprint density at radius 3 is 2.50 bits per heavy atom. The summed E-state index contributed by atoms with van der Waals surface area (Å²) >= 11 is 0. The van der Waals surface area contributed by atoms with E-state index in [4.69, 9.17) is 4.74 Å². The number of fused-ring (bicyclic) bond motifs is 4. The van der Waals surface area contributed by atoms with E-state index in [1.54, 1.807) is 0 Å². The summed E-state index contributed by atoms with van der Waals surface area (Å²) in [4.78, 5) is 34.4. The van der Waals surface area contributed by atoms with E-state index in [1.807, 2.05) is 6.92 Å². The lowest BCUT2D eigenvalue weighted by Crippen LogP contribution is -2.57. The van der Waals surface area contributed by atoms with Gasteiger partial charge in [-0.3, -0.25) is 4.79 Å². The molecule has 4 unspecified atom stereocenters. The summed E-state index contributed by atoms with van der Waals surface area (Å²) < 4.78 is 92.2. The summed E-state index contributed by atoms with van der Waals surface area (Å²) in [5.41, 5.74) is -5.81. The molecule has 2 aromatic rings. The third-order valence-electron chi connectivity index (χ3n) is 9.47. The van der Waals surface area contributed by atoms with Gasteiger partial charge in [0.2, 0.25) is 5.95 Å². The first kappa shape index (κ1) is 28.7. The molecule has 3 fully saturated rings. The molecule has 1 spiro atoms. The number of nitrogens with zero attached hydrogens (tertiary/aromatic N) is 3. The standard InChI is InChI=1S/C28H28F6N4O4/c1-13-6-14-8-15(7-13)27(10-14,24(40)41)37-23(39)16-11-35-25(36-22(16)28(32,33)34)38-12-26(2-4-42-5-3-26)19-18(38)9-17(29)20(30)21(19)31/h9,11,13-15H,2-8,10,12H2,1H3,(H,37,39)(H,40,41). The minimum absolute atomic E-state index is 0.0224. The van der Waals surface area contributed by atoms with E-state index in [0.717, 1.165) is 11.3 Å². The molecule has 226 valence electrons. The fraction of sp³-hybridized carbons (Fsp3) is 0.571. The molecule has 4 aliphatic rings. The number of hydrogen-bond acceptors (Lipinski definition) is 6. The van der Waals surface area contributed by atoms with Crippen LogP contribution in [0.15, 0.2) is 12.3 Å². The van der Waals surface area contributed by atoms with Crippen LogP contribution in [0.1, 0.15) is 67.1 Å². The molecule has 1 amide bonds. The van der Waals surface area contributed by atoms with Gasteiger partial charge in [-0.25, -0.2) is 27.9 Å². The molecule has 6 rings (SSSR count). The van der Waals surface area contributed by atoms with Crippen molar-refractivity contribution in [1.29, 1.82) is 0 Å². The van der Waals surface area contributed by atoms with E-state index in [-0.39, 0.29) is 62.1 Å². The highest BCUT2D eigenvalue weighted by atomic mass is 19.4. The molecular weight excluding hydrogens is 570 g/mol. The van der Waals surface area contributed by atoms with Gasteiger partial charge in [0.1, 0.15) is 5.54 Å². The summed E-state index contributed by atoms with van der Waals surface area (Å²) in [5.74, 6) is -8.03. The Bertz CT molecular complexity index is 1460. The first-order valence-corrected chi connectivity index (χ1v) is 13.8. The number of aromatic nitrogens is 2. The number of carbonyl (C=O) groups is 2. The third-order valence-corrected chi connectivity index (χ3v) is 9.47. The minimum Gasteiger partial charge on any atom is -0.479 e. The molecule has 42 heavy (non-hydrogen) atoms. The summed E-state index contributed by atoms with van der Waals surface area (Å²) in [5, 5.41) is 12.5. The van der Waals surface area contributed by atoms with E-state index < -0.39 is 69.6 Å². The van der Waals surface area contributed by atoms with Crippen LogP contribution in [0.2, 0.25) is 0 Å². The molecule has 4 atom stereocenters. The van der Waals surface area contributed by atoms with Crippen molar-refractivity contribution >= 4 is 23.5 Å². The fourth-order valence-corrected chi connectivity index (χ4v) is 7.68. The molecule has 8 nitrogen and oxygen atoms in total. The number of hydrogen-bond donors (Lipinski definition) is 2. The molecular formula is C28H28F6N4O4. The number of halogens is 6.